The fourth-order valence-corrected chi connectivity index (χ4v) is 5.48. The van der Waals surface area contributed by atoms with Crippen molar-refractivity contribution in [2.45, 2.75) is 19.3 Å². The number of ether oxygens (including phenoxy) is 2. The molecule has 0 bridgehead atoms. The van der Waals surface area contributed by atoms with E-state index in [1.165, 1.54) is 12.1 Å². The average Bonchev–Trinajstić information content (AvgIpc) is 3.50. The third-order valence-electron chi connectivity index (χ3n) is 7.79. The number of nitrogens with zero attached hydrogens (tertiary/aromatic N) is 3. The molecule has 0 atom stereocenters. The SMILES string of the molecule is O=C(Nc1ccc(N2CCN(C(=O)Nc3ccccc3F)CC2)c(C(=O)N2CCCCC2)c1)c1ccc2c(c1)OCO2. The fourth-order valence-electron chi connectivity index (χ4n) is 5.48. The normalized spacial score (nSPS) is 16.3. The third-order valence-corrected chi connectivity index (χ3v) is 7.79. The maximum Gasteiger partial charge on any atom is 0.322 e. The first-order chi connectivity index (χ1) is 20.5. The second-order valence-corrected chi connectivity index (χ2v) is 10.5. The molecule has 2 N–H and O–H groups in total. The molecule has 42 heavy (non-hydrogen) atoms. The lowest BCUT2D eigenvalue weighted by Crippen LogP contribution is -2.50. The molecular formula is C31H32FN5O5. The summed E-state index contributed by atoms with van der Waals surface area (Å²) < 4.78 is 24.7. The topological polar surface area (TPSA) is 103 Å². The molecule has 2 fully saturated rings. The monoisotopic (exact) mass is 573 g/mol. The van der Waals surface area contributed by atoms with Crippen molar-refractivity contribution < 1.29 is 28.2 Å². The number of nitrogens with one attached hydrogen (secondary N) is 2. The Morgan fingerprint density at radius 1 is 0.738 bits per heavy atom. The second-order valence-electron chi connectivity index (χ2n) is 10.5. The van der Waals surface area contributed by atoms with Gasteiger partial charge in [-0.1, -0.05) is 12.1 Å². The molecule has 10 nitrogen and oxygen atoms in total. The molecule has 6 rings (SSSR count). The molecule has 0 spiro atoms. The lowest BCUT2D eigenvalue weighted by Gasteiger charge is -2.37. The molecule has 0 aromatic heterocycles. The van der Waals surface area contributed by atoms with E-state index < -0.39 is 5.82 Å². The van der Waals surface area contributed by atoms with E-state index in [9.17, 15) is 18.8 Å². The van der Waals surface area contributed by atoms with E-state index in [-0.39, 0.29) is 30.3 Å². The van der Waals surface area contributed by atoms with Crippen LogP contribution < -0.4 is 25.0 Å². The number of piperidine rings is 1. The van der Waals surface area contributed by atoms with Gasteiger partial charge in [-0.05, 0) is 67.8 Å². The number of piperazine rings is 1. The first-order valence-corrected chi connectivity index (χ1v) is 14.2. The van der Waals surface area contributed by atoms with Gasteiger partial charge in [0.1, 0.15) is 5.82 Å². The zero-order valence-electron chi connectivity index (χ0n) is 23.1. The van der Waals surface area contributed by atoms with Gasteiger partial charge in [-0.3, -0.25) is 9.59 Å². The maximum absolute atomic E-state index is 14.0. The van der Waals surface area contributed by atoms with Gasteiger partial charge in [0.15, 0.2) is 11.5 Å². The van der Waals surface area contributed by atoms with Crippen molar-refractivity contribution >= 4 is 34.9 Å². The van der Waals surface area contributed by atoms with E-state index in [1.807, 2.05) is 11.0 Å². The van der Waals surface area contributed by atoms with Crippen molar-refractivity contribution in [3.63, 3.8) is 0 Å². The van der Waals surface area contributed by atoms with Crippen molar-refractivity contribution in [3.8, 4) is 11.5 Å². The first kappa shape index (κ1) is 27.4. The third kappa shape index (κ3) is 5.81. The molecule has 3 aromatic rings. The smallest absolute Gasteiger partial charge is 0.322 e. The summed E-state index contributed by atoms with van der Waals surface area (Å²) in [6, 6.07) is 16.0. The summed E-state index contributed by atoms with van der Waals surface area (Å²) in [6.07, 6.45) is 3.01. The fraction of sp³-hybridized carbons (Fsp3) is 0.323. The highest BCUT2D eigenvalue weighted by atomic mass is 19.1. The summed E-state index contributed by atoms with van der Waals surface area (Å²) in [4.78, 5) is 45.2. The molecule has 218 valence electrons. The van der Waals surface area contributed by atoms with E-state index >= 15 is 0 Å². The number of carbonyl (C=O) groups is 3. The average molecular weight is 574 g/mol. The number of likely N-dealkylation sites (tertiary alicyclic amines) is 1. The summed E-state index contributed by atoms with van der Waals surface area (Å²) in [5.74, 6) is 0.211. The zero-order chi connectivity index (χ0) is 29.1. The molecule has 4 amide bonds. The number of benzene rings is 3. The van der Waals surface area contributed by atoms with Crippen LogP contribution in [0.2, 0.25) is 0 Å². The van der Waals surface area contributed by atoms with Crippen LogP contribution in [0.1, 0.15) is 40.0 Å². The van der Waals surface area contributed by atoms with Gasteiger partial charge < -0.3 is 34.8 Å². The predicted octanol–water partition coefficient (Wildman–Crippen LogP) is 4.79. The van der Waals surface area contributed by atoms with Gasteiger partial charge in [0, 0.05) is 56.2 Å². The van der Waals surface area contributed by atoms with Crippen molar-refractivity contribution in [3.05, 3.63) is 77.6 Å². The number of rotatable bonds is 5. The van der Waals surface area contributed by atoms with Gasteiger partial charge in [0.25, 0.3) is 11.8 Å². The number of carbonyl (C=O) groups excluding carboxylic acids is 3. The van der Waals surface area contributed by atoms with Gasteiger partial charge >= 0.3 is 6.03 Å². The van der Waals surface area contributed by atoms with Crippen LogP contribution in [0, 0.1) is 5.82 Å². The predicted molar refractivity (Wildman–Crippen MR) is 156 cm³/mol. The summed E-state index contributed by atoms with van der Waals surface area (Å²) in [5.41, 5.74) is 2.31. The van der Waals surface area contributed by atoms with Crippen molar-refractivity contribution in [1.29, 1.82) is 0 Å². The van der Waals surface area contributed by atoms with Crippen molar-refractivity contribution in [1.82, 2.24) is 9.80 Å². The Morgan fingerprint density at radius 2 is 1.50 bits per heavy atom. The number of urea groups is 1. The number of fused-ring (bicyclic) bond motifs is 1. The van der Waals surface area contributed by atoms with Crippen LogP contribution in [0.3, 0.4) is 0 Å². The van der Waals surface area contributed by atoms with Crippen LogP contribution in [0.15, 0.2) is 60.7 Å². The van der Waals surface area contributed by atoms with Crippen LogP contribution in [0.25, 0.3) is 0 Å². The number of hydrogen-bond donors (Lipinski definition) is 2. The highest BCUT2D eigenvalue weighted by molar-refractivity contribution is 6.06. The molecule has 3 aliphatic rings. The Kier molecular flexibility index (Phi) is 7.81. The molecule has 0 aliphatic carbocycles. The van der Waals surface area contributed by atoms with Gasteiger partial charge in [-0.2, -0.15) is 0 Å². The van der Waals surface area contributed by atoms with Gasteiger partial charge in [0.2, 0.25) is 6.79 Å². The lowest BCUT2D eigenvalue weighted by molar-refractivity contribution is 0.0724. The molecule has 11 heteroatoms. The molecule has 0 radical (unpaired) electrons. The standard InChI is InChI=1S/C31H32FN5O5/c32-24-6-2-3-7-25(24)34-31(40)37-16-14-35(15-17-37)26-10-9-22(19-23(26)30(39)36-12-4-1-5-13-36)33-29(38)21-8-11-27-28(18-21)42-20-41-27/h2-3,6-11,18-19H,1,4-5,12-17,20H2,(H,33,38)(H,34,40). The highest BCUT2D eigenvalue weighted by Gasteiger charge is 2.28. The van der Waals surface area contributed by atoms with Gasteiger partial charge in [-0.25, -0.2) is 9.18 Å². The second kappa shape index (κ2) is 12.0. The molecule has 3 heterocycles. The maximum atomic E-state index is 14.0. The van der Waals surface area contributed by atoms with Crippen LogP contribution in [0.4, 0.5) is 26.2 Å². The van der Waals surface area contributed by atoms with E-state index in [4.69, 9.17) is 9.47 Å². The Labute approximate surface area is 243 Å². The van der Waals surface area contributed by atoms with E-state index in [2.05, 4.69) is 15.5 Å². The van der Waals surface area contributed by atoms with Gasteiger partial charge in [-0.15, -0.1) is 0 Å². The number of anilines is 3. The number of para-hydroxylation sites is 1. The largest absolute Gasteiger partial charge is 0.454 e. The minimum atomic E-state index is -0.490. The van der Waals surface area contributed by atoms with Crippen molar-refractivity contribution in [2.24, 2.45) is 0 Å². The molecule has 3 aromatic carbocycles. The lowest BCUT2D eigenvalue weighted by atomic mass is 10.1. The molecule has 0 saturated carbocycles. The van der Waals surface area contributed by atoms with Crippen molar-refractivity contribution in [2.75, 3.05) is 61.6 Å². The van der Waals surface area contributed by atoms with E-state index in [1.54, 1.807) is 47.4 Å². The first-order valence-electron chi connectivity index (χ1n) is 14.2. The number of amides is 4. The molecule has 2 saturated heterocycles. The summed E-state index contributed by atoms with van der Waals surface area (Å²) in [5, 5.41) is 5.55. The minimum Gasteiger partial charge on any atom is -0.454 e. The van der Waals surface area contributed by atoms with Crippen LogP contribution in [0.5, 0.6) is 11.5 Å². The number of halogens is 1. The summed E-state index contributed by atoms with van der Waals surface area (Å²) in [6.45, 7) is 3.29. The highest BCUT2D eigenvalue weighted by Crippen LogP contribution is 2.33. The summed E-state index contributed by atoms with van der Waals surface area (Å²) >= 11 is 0. The Balaban J connectivity index is 1.18. The minimum absolute atomic E-state index is 0.0800. The molecule has 3 aliphatic heterocycles. The van der Waals surface area contributed by atoms with E-state index in [0.717, 1.165) is 24.9 Å². The Morgan fingerprint density at radius 3 is 2.29 bits per heavy atom. The zero-order valence-corrected chi connectivity index (χ0v) is 23.1. The molecular weight excluding hydrogens is 541 g/mol. The number of hydrogen-bond acceptors (Lipinski definition) is 6. The Bertz CT molecular complexity index is 1500. The van der Waals surface area contributed by atoms with Crippen LogP contribution in [-0.2, 0) is 0 Å². The quantitative estimate of drug-likeness (QED) is 0.455. The molecule has 0 unspecified atom stereocenters. The van der Waals surface area contributed by atoms with E-state index in [0.29, 0.717) is 67.6 Å². The van der Waals surface area contributed by atoms with Crippen LogP contribution in [-0.4, -0.2) is 73.7 Å². The Hall–Kier alpha value is -4.80. The summed E-state index contributed by atoms with van der Waals surface area (Å²) in [7, 11) is 0. The van der Waals surface area contributed by atoms with Gasteiger partial charge in [0.05, 0.1) is 11.3 Å². The van der Waals surface area contributed by atoms with Crippen LogP contribution >= 0.6 is 0 Å².